The van der Waals surface area contributed by atoms with Gasteiger partial charge in [-0.2, -0.15) is 0 Å². The highest BCUT2D eigenvalue weighted by molar-refractivity contribution is 5.78. The van der Waals surface area contributed by atoms with Crippen molar-refractivity contribution in [1.29, 1.82) is 0 Å². The number of carbonyl (C=O) groups is 1. The van der Waals surface area contributed by atoms with Gasteiger partial charge in [-0.1, -0.05) is 6.92 Å². The van der Waals surface area contributed by atoms with E-state index < -0.39 is 0 Å². The van der Waals surface area contributed by atoms with Crippen molar-refractivity contribution in [3.8, 4) is 0 Å². The number of nitrogens with zero attached hydrogens (tertiary/aromatic N) is 1. The third kappa shape index (κ3) is 5.93. The summed E-state index contributed by atoms with van der Waals surface area (Å²) < 4.78 is 5.54. The molecule has 0 aromatic carbocycles. The van der Waals surface area contributed by atoms with Crippen LogP contribution in [0.3, 0.4) is 0 Å². The second-order valence-corrected chi connectivity index (χ2v) is 6.59. The molecular formula is C16H30N2O3. The van der Waals surface area contributed by atoms with Gasteiger partial charge >= 0.3 is 0 Å². The Hall–Kier alpha value is -0.650. The Morgan fingerprint density at radius 1 is 1.19 bits per heavy atom. The number of amides is 1. The van der Waals surface area contributed by atoms with Crippen LogP contribution in [-0.4, -0.2) is 60.9 Å². The number of ether oxygens (including phenoxy) is 1. The van der Waals surface area contributed by atoms with Crippen LogP contribution in [-0.2, 0) is 9.53 Å². The summed E-state index contributed by atoms with van der Waals surface area (Å²) in [6.45, 7) is 5.13. The van der Waals surface area contributed by atoms with Crippen LogP contribution in [0.15, 0.2) is 0 Å². The van der Waals surface area contributed by atoms with Gasteiger partial charge in [0.05, 0.1) is 25.9 Å². The fraction of sp³-hybridized carbons (Fsp3) is 0.938. The van der Waals surface area contributed by atoms with Crippen LogP contribution >= 0.6 is 0 Å². The van der Waals surface area contributed by atoms with Gasteiger partial charge in [0.1, 0.15) is 0 Å². The number of aliphatic hydroxyl groups is 1. The molecule has 0 radical (unpaired) electrons. The maximum absolute atomic E-state index is 12.1. The van der Waals surface area contributed by atoms with Crippen LogP contribution in [0.5, 0.6) is 0 Å². The van der Waals surface area contributed by atoms with Crippen LogP contribution in [0.2, 0.25) is 0 Å². The zero-order chi connectivity index (χ0) is 15.1. The van der Waals surface area contributed by atoms with Gasteiger partial charge in [0.2, 0.25) is 5.91 Å². The molecule has 1 aliphatic carbocycles. The summed E-state index contributed by atoms with van der Waals surface area (Å²) in [6.07, 6.45) is 6.88. The fourth-order valence-corrected chi connectivity index (χ4v) is 3.33. The van der Waals surface area contributed by atoms with Gasteiger partial charge in [0, 0.05) is 19.1 Å². The lowest BCUT2D eigenvalue weighted by molar-refractivity contribution is -0.124. The van der Waals surface area contributed by atoms with E-state index in [2.05, 4.69) is 17.1 Å². The van der Waals surface area contributed by atoms with Crippen molar-refractivity contribution in [2.24, 2.45) is 5.92 Å². The monoisotopic (exact) mass is 298 g/mol. The van der Waals surface area contributed by atoms with Gasteiger partial charge in [-0.25, -0.2) is 0 Å². The van der Waals surface area contributed by atoms with Gasteiger partial charge in [0.25, 0.3) is 0 Å². The largest absolute Gasteiger partial charge is 0.394 e. The second kappa shape index (κ2) is 8.71. The summed E-state index contributed by atoms with van der Waals surface area (Å²) in [6, 6.07) is 0.388. The molecule has 0 aromatic heterocycles. The molecule has 0 spiro atoms. The molecule has 1 heterocycles. The third-order valence-corrected chi connectivity index (χ3v) is 4.73. The van der Waals surface area contributed by atoms with Crippen LogP contribution in [0.4, 0.5) is 0 Å². The molecule has 0 bridgehead atoms. The molecule has 0 atom stereocenters. The van der Waals surface area contributed by atoms with E-state index >= 15 is 0 Å². The second-order valence-electron chi connectivity index (χ2n) is 6.59. The Labute approximate surface area is 128 Å². The molecule has 1 saturated heterocycles. The standard InChI is InChI=1S/C16H30N2O3/c1-13-2-4-14(5-3-13)17-16(20)12-18-8-6-15(7-9-18)21-11-10-19/h13-15,19H,2-12H2,1H3,(H,17,20). The van der Waals surface area contributed by atoms with Gasteiger partial charge in [-0.3, -0.25) is 9.69 Å². The van der Waals surface area contributed by atoms with Crippen LogP contribution < -0.4 is 5.32 Å². The molecule has 2 rings (SSSR count). The number of piperidine rings is 1. The minimum atomic E-state index is 0.0859. The molecule has 1 saturated carbocycles. The minimum Gasteiger partial charge on any atom is -0.394 e. The molecule has 0 aromatic rings. The minimum absolute atomic E-state index is 0.0859. The topological polar surface area (TPSA) is 61.8 Å². The van der Waals surface area contributed by atoms with E-state index in [1.807, 2.05) is 0 Å². The molecular weight excluding hydrogens is 268 g/mol. The summed E-state index contributed by atoms with van der Waals surface area (Å²) >= 11 is 0. The Morgan fingerprint density at radius 3 is 2.48 bits per heavy atom. The zero-order valence-electron chi connectivity index (χ0n) is 13.2. The molecule has 1 amide bonds. The smallest absolute Gasteiger partial charge is 0.234 e. The summed E-state index contributed by atoms with van der Waals surface area (Å²) in [7, 11) is 0. The summed E-state index contributed by atoms with van der Waals surface area (Å²) in [5, 5.41) is 11.9. The van der Waals surface area contributed by atoms with E-state index in [0.29, 0.717) is 19.2 Å². The van der Waals surface area contributed by atoms with Gasteiger partial charge in [0.15, 0.2) is 0 Å². The lowest BCUT2D eigenvalue weighted by Gasteiger charge is -2.32. The molecule has 0 unspecified atom stereocenters. The number of carbonyl (C=O) groups excluding carboxylic acids is 1. The number of rotatable bonds is 6. The first-order valence-corrected chi connectivity index (χ1v) is 8.41. The number of hydrogen-bond donors (Lipinski definition) is 2. The summed E-state index contributed by atoms with van der Waals surface area (Å²) in [4.78, 5) is 14.3. The van der Waals surface area contributed by atoms with E-state index in [4.69, 9.17) is 9.84 Å². The number of hydrogen-bond acceptors (Lipinski definition) is 4. The van der Waals surface area contributed by atoms with Crippen molar-refractivity contribution in [3.63, 3.8) is 0 Å². The van der Waals surface area contributed by atoms with Crippen molar-refractivity contribution in [1.82, 2.24) is 10.2 Å². The van der Waals surface area contributed by atoms with Gasteiger partial charge in [-0.05, 0) is 44.4 Å². The van der Waals surface area contributed by atoms with E-state index in [0.717, 1.165) is 44.7 Å². The molecule has 5 heteroatoms. The highest BCUT2D eigenvalue weighted by Gasteiger charge is 2.23. The average Bonchev–Trinajstić information content (AvgIpc) is 2.49. The number of likely N-dealkylation sites (tertiary alicyclic amines) is 1. The lowest BCUT2D eigenvalue weighted by atomic mass is 9.87. The van der Waals surface area contributed by atoms with Crippen LogP contribution in [0.1, 0.15) is 45.4 Å². The van der Waals surface area contributed by atoms with Crippen molar-refractivity contribution < 1.29 is 14.6 Å². The SMILES string of the molecule is CC1CCC(NC(=O)CN2CCC(OCCO)CC2)CC1. The Bertz CT molecular complexity index is 309. The Kier molecular flexibility index (Phi) is 6.93. The number of nitrogens with one attached hydrogen (secondary N) is 1. The number of aliphatic hydroxyl groups excluding tert-OH is 1. The molecule has 122 valence electrons. The molecule has 1 aliphatic heterocycles. The average molecular weight is 298 g/mol. The van der Waals surface area contributed by atoms with Gasteiger partial charge < -0.3 is 15.2 Å². The highest BCUT2D eigenvalue weighted by Crippen LogP contribution is 2.23. The quantitative estimate of drug-likeness (QED) is 0.772. The van der Waals surface area contributed by atoms with Gasteiger partial charge in [-0.15, -0.1) is 0 Å². The van der Waals surface area contributed by atoms with Crippen LogP contribution in [0, 0.1) is 5.92 Å². The third-order valence-electron chi connectivity index (χ3n) is 4.73. The maximum atomic E-state index is 12.1. The zero-order valence-corrected chi connectivity index (χ0v) is 13.2. The first-order chi connectivity index (χ1) is 10.2. The molecule has 2 N–H and O–H groups in total. The van der Waals surface area contributed by atoms with E-state index in [1.54, 1.807) is 0 Å². The van der Waals surface area contributed by atoms with Crippen molar-refractivity contribution in [3.05, 3.63) is 0 Å². The maximum Gasteiger partial charge on any atom is 0.234 e. The molecule has 5 nitrogen and oxygen atoms in total. The van der Waals surface area contributed by atoms with Crippen molar-refractivity contribution >= 4 is 5.91 Å². The normalized spacial score (nSPS) is 28.5. The molecule has 21 heavy (non-hydrogen) atoms. The lowest BCUT2D eigenvalue weighted by Crippen LogP contribution is -2.46. The van der Waals surface area contributed by atoms with E-state index in [9.17, 15) is 4.79 Å². The Morgan fingerprint density at radius 2 is 1.86 bits per heavy atom. The fourth-order valence-electron chi connectivity index (χ4n) is 3.33. The predicted octanol–water partition coefficient (Wildman–Crippen LogP) is 1.15. The van der Waals surface area contributed by atoms with Crippen molar-refractivity contribution in [2.75, 3.05) is 32.8 Å². The molecule has 2 fully saturated rings. The van der Waals surface area contributed by atoms with E-state index in [1.165, 1.54) is 12.8 Å². The first kappa shape index (κ1) is 16.7. The van der Waals surface area contributed by atoms with E-state index in [-0.39, 0.29) is 18.6 Å². The summed E-state index contributed by atoms with van der Waals surface area (Å²) in [5.74, 6) is 0.986. The molecule has 2 aliphatic rings. The Balaban J connectivity index is 1.60. The van der Waals surface area contributed by atoms with Crippen molar-refractivity contribution in [2.45, 2.75) is 57.6 Å². The van der Waals surface area contributed by atoms with Crippen LogP contribution in [0.25, 0.3) is 0 Å². The first-order valence-electron chi connectivity index (χ1n) is 8.41. The summed E-state index contributed by atoms with van der Waals surface area (Å²) in [5.41, 5.74) is 0. The predicted molar refractivity (Wildman–Crippen MR) is 82.1 cm³/mol. The highest BCUT2D eigenvalue weighted by atomic mass is 16.5.